The number of pyridine rings is 2. The molecule has 0 atom stereocenters. The topological polar surface area (TPSA) is 63.6 Å². The van der Waals surface area contributed by atoms with Crippen LogP contribution in [0.15, 0.2) is 49.1 Å². The third-order valence-corrected chi connectivity index (χ3v) is 2.29. The normalized spacial score (nSPS) is 10.4. The summed E-state index contributed by atoms with van der Waals surface area (Å²) in [4.78, 5) is 16.7. The van der Waals surface area contributed by atoms with Crippen molar-refractivity contribution in [1.82, 2.24) is 19.9 Å². The Morgan fingerprint density at radius 1 is 0.941 bits per heavy atom. The van der Waals surface area contributed by atoms with E-state index in [1.54, 1.807) is 24.8 Å². The largest absolute Gasteiger partial charge is 0.324 e. The second-order valence-electron chi connectivity index (χ2n) is 3.47. The molecule has 3 heterocycles. The smallest absolute Gasteiger partial charge is 0.229 e. The van der Waals surface area contributed by atoms with Gasteiger partial charge in [-0.15, -0.1) is 0 Å². The first-order chi connectivity index (χ1) is 8.42. The predicted molar refractivity (Wildman–Crippen MR) is 64.9 cm³/mol. The molecule has 0 aliphatic heterocycles. The molecule has 3 aromatic heterocycles. The number of rotatable bonds is 2. The van der Waals surface area contributed by atoms with E-state index in [1.807, 2.05) is 24.3 Å². The molecule has 0 radical (unpaired) electrons. The third-order valence-electron chi connectivity index (χ3n) is 2.29. The van der Waals surface area contributed by atoms with E-state index in [4.69, 9.17) is 0 Å². The Labute approximate surface area is 97.6 Å². The monoisotopic (exact) mass is 223 g/mol. The van der Waals surface area contributed by atoms with Crippen LogP contribution in [0.1, 0.15) is 0 Å². The Morgan fingerprint density at radius 3 is 2.71 bits per heavy atom. The molecule has 0 aromatic carbocycles. The zero-order valence-electron chi connectivity index (χ0n) is 8.91. The van der Waals surface area contributed by atoms with Crippen LogP contribution in [0.5, 0.6) is 0 Å². The third kappa shape index (κ3) is 2.03. The minimum atomic E-state index is 0.530. The van der Waals surface area contributed by atoms with Gasteiger partial charge in [0.25, 0.3) is 0 Å². The minimum absolute atomic E-state index is 0.530. The van der Waals surface area contributed by atoms with E-state index in [-0.39, 0.29) is 0 Å². The van der Waals surface area contributed by atoms with Crippen molar-refractivity contribution in [3.8, 4) is 0 Å². The van der Waals surface area contributed by atoms with E-state index in [1.165, 1.54) is 0 Å². The summed E-state index contributed by atoms with van der Waals surface area (Å²) in [6, 6.07) is 7.50. The van der Waals surface area contributed by atoms with Crippen molar-refractivity contribution in [3.63, 3.8) is 0 Å². The van der Waals surface area contributed by atoms with E-state index >= 15 is 0 Å². The lowest BCUT2D eigenvalue weighted by atomic mass is 10.3. The predicted octanol–water partition coefficient (Wildman–Crippen LogP) is 2.16. The van der Waals surface area contributed by atoms with Gasteiger partial charge in [0.15, 0.2) is 5.65 Å². The van der Waals surface area contributed by atoms with Crippen molar-refractivity contribution >= 4 is 22.7 Å². The van der Waals surface area contributed by atoms with Gasteiger partial charge in [-0.3, -0.25) is 4.98 Å². The average molecular weight is 223 g/mol. The highest BCUT2D eigenvalue weighted by Crippen LogP contribution is 2.13. The molecule has 0 spiro atoms. The number of nitrogens with one attached hydrogen (secondary N) is 1. The van der Waals surface area contributed by atoms with Crippen molar-refractivity contribution in [3.05, 3.63) is 49.1 Å². The number of hydrogen-bond acceptors (Lipinski definition) is 5. The molecule has 3 rings (SSSR count). The van der Waals surface area contributed by atoms with Crippen LogP contribution >= 0.6 is 0 Å². The molecule has 0 saturated carbocycles. The molecule has 0 unspecified atom stereocenters. The van der Waals surface area contributed by atoms with Crippen molar-refractivity contribution in [2.24, 2.45) is 0 Å². The highest BCUT2D eigenvalue weighted by Gasteiger charge is 2.00. The first-order valence-electron chi connectivity index (χ1n) is 5.17. The van der Waals surface area contributed by atoms with Gasteiger partial charge in [-0.1, -0.05) is 0 Å². The van der Waals surface area contributed by atoms with Crippen LogP contribution in [0.4, 0.5) is 11.6 Å². The summed E-state index contributed by atoms with van der Waals surface area (Å²) in [5.74, 6) is 0.530. The van der Waals surface area contributed by atoms with Crippen molar-refractivity contribution in [2.45, 2.75) is 0 Å². The highest BCUT2D eigenvalue weighted by molar-refractivity contribution is 5.74. The summed E-state index contributed by atoms with van der Waals surface area (Å²) in [6.07, 6.45) is 6.88. The molecule has 82 valence electrons. The van der Waals surface area contributed by atoms with Crippen LogP contribution < -0.4 is 5.32 Å². The van der Waals surface area contributed by atoms with E-state index in [2.05, 4.69) is 25.3 Å². The summed E-state index contributed by atoms with van der Waals surface area (Å²) in [7, 11) is 0. The lowest BCUT2D eigenvalue weighted by Gasteiger charge is -2.04. The lowest BCUT2D eigenvalue weighted by molar-refractivity contribution is 1.17. The first kappa shape index (κ1) is 9.65. The Balaban J connectivity index is 1.96. The van der Waals surface area contributed by atoms with Gasteiger partial charge in [-0.25, -0.2) is 9.97 Å². The lowest BCUT2D eigenvalue weighted by Crippen LogP contribution is -1.97. The standard InChI is InChI=1S/C12H9N5/c1-2-9-8-15-12(17-11(9)14-5-1)16-10-3-6-13-7-4-10/h1-8H,(H,13,14,15,16,17). The maximum Gasteiger partial charge on any atom is 0.229 e. The number of fused-ring (bicyclic) bond motifs is 1. The molecular formula is C12H9N5. The van der Waals surface area contributed by atoms with Crippen LogP contribution in [-0.4, -0.2) is 19.9 Å². The molecule has 0 amide bonds. The van der Waals surface area contributed by atoms with E-state index < -0.39 is 0 Å². The second kappa shape index (κ2) is 4.13. The fraction of sp³-hybridized carbons (Fsp3) is 0. The van der Waals surface area contributed by atoms with Gasteiger partial charge in [0.2, 0.25) is 5.95 Å². The second-order valence-corrected chi connectivity index (χ2v) is 3.47. The van der Waals surface area contributed by atoms with Gasteiger partial charge < -0.3 is 5.32 Å². The summed E-state index contributed by atoms with van der Waals surface area (Å²) in [5.41, 5.74) is 1.58. The molecule has 1 N–H and O–H groups in total. The molecular weight excluding hydrogens is 214 g/mol. The summed E-state index contributed by atoms with van der Waals surface area (Å²) >= 11 is 0. The summed E-state index contributed by atoms with van der Waals surface area (Å²) < 4.78 is 0. The fourth-order valence-corrected chi connectivity index (χ4v) is 1.49. The number of nitrogens with zero attached hydrogens (tertiary/aromatic N) is 4. The average Bonchev–Trinajstić information content (AvgIpc) is 2.40. The summed E-state index contributed by atoms with van der Waals surface area (Å²) in [6.45, 7) is 0. The van der Waals surface area contributed by atoms with Crippen LogP contribution in [-0.2, 0) is 0 Å². The molecule has 5 nitrogen and oxygen atoms in total. The van der Waals surface area contributed by atoms with Gasteiger partial charge in [-0.05, 0) is 24.3 Å². The van der Waals surface area contributed by atoms with Gasteiger partial charge in [0.1, 0.15) is 0 Å². The van der Waals surface area contributed by atoms with Crippen molar-refractivity contribution < 1.29 is 0 Å². The molecule has 17 heavy (non-hydrogen) atoms. The van der Waals surface area contributed by atoms with Gasteiger partial charge in [0, 0.05) is 35.9 Å². The van der Waals surface area contributed by atoms with E-state index in [0.717, 1.165) is 11.1 Å². The molecule has 0 saturated heterocycles. The van der Waals surface area contributed by atoms with Crippen LogP contribution in [0.2, 0.25) is 0 Å². The van der Waals surface area contributed by atoms with Gasteiger partial charge >= 0.3 is 0 Å². The number of hydrogen-bond donors (Lipinski definition) is 1. The SMILES string of the molecule is c1cnc2nc(Nc3ccncc3)ncc2c1. The number of aromatic nitrogens is 4. The Bertz CT molecular complexity index is 638. The molecule has 0 aliphatic carbocycles. The quantitative estimate of drug-likeness (QED) is 0.721. The highest BCUT2D eigenvalue weighted by atomic mass is 15.1. The molecule has 0 fully saturated rings. The van der Waals surface area contributed by atoms with Crippen LogP contribution in [0, 0.1) is 0 Å². The van der Waals surface area contributed by atoms with Gasteiger partial charge in [-0.2, -0.15) is 4.98 Å². The Kier molecular flexibility index (Phi) is 2.34. The zero-order valence-corrected chi connectivity index (χ0v) is 8.91. The molecule has 0 aliphatic rings. The maximum absolute atomic E-state index is 4.32. The summed E-state index contributed by atoms with van der Waals surface area (Å²) in [5, 5.41) is 4.02. The van der Waals surface area contributed by atoms with Crippen molar-refractivity contribution in [1.29, 1.82) is 0 Å². The fourth-order valence-electron chi connectivity index (χ4n) is 1.49. The van der Waals surface area contributed by atoms with E-state index in [9.17, 15) is 0 Å². The van der Waals surface area contributed by atoms with Gasteiger partial charge in [0.05, 0.1) is 0 Å². The maximum atomic E-state index is 4.32. The minimum Gasteiger partial charge on any atom is -0.324 e. The van der Waals surface area contributed by atoms with Crippen LogP contribution in [0.3, 0.4) is 0 Å². The Morgan fingerprint density at radius 2 is 1.82 bits per heavy atom. The first-order valence-corrected chi connectivity index (χ1v) is 5.17. The molecule has 3 aromatic rings. The zero-order chi connectivity index (χ0) is 11.5. The molecule has 5 heteroatoms. The number of anilines is 2. The molecule has 0 bridgehead atoms. The van der Waals surface area contributed by atoms with Crippen molar-refractivity contribution in [2.75, 3.05) is 5.32 Å². The van der Waals surface area contributed by atoms with Crippen LogP contribution in [0.25, 0.3) is 11.0 Å². The Hall–Kier alpha value is -2.56. The van der Waals surface area contributed by atoms with E-state index in [0.29, 0.717) is 11.6 Å².